The second kappa shape index (κ2) is 6.32. The fraction of sp³-hybridized carbons (Fsp3) is 0.188. The van der Waals surface area contributed by atoms with Gasteiger partial charge in [-0.15, -0.1) is 17.1 Å². The van der Waals surface area contributed by atoms with E-state index >= 15 is 0 Å². The molecule has 0 fully saturated rings. The van der Waals surface area contributed by atoms with Crippen LogP contribution >= 0.6 is 11.3 Å². The highest BCUT2D eigenvalue weighted by Crippen LogP contribution is 2.37. The SMILES string of the molecule is CCC(=O)N1NC(c2cccs2)=C[C@H]1c1cc([N+](=O)[O-])ccc1[O-]. The fourth-order valence-corrected chi connectivity index (χ4v) is 3.24. The normalized spacial score (nSPS) is 16.6. The molecule has 124 valence electrons. The van der Waals surface area contributed by atoms with Crippen molar-refractivity contribution in [3.05, 3.63) is 62.3 Å². The van der Waals surface area contributed by atoms with Gasteiger partial charge >= 0.3 is 0 Å². The molecule has 0 saturated heterocycles. The van der Waals surface area contributed by atoms with E-state index in [1.54, 1.807) is 13.0 Å². The van der Waals surface area contributed by atoms with Gasteiger partial charge in [-0.05, 0) is 23.1 Å². The Balaban J connectivity index is 2.06. The van der Waals surface area contributed by atoms with Crippen molar-refractivity contribution in [2.45, 2.75) is 19.4 Å². The number of benzene rings is 1. The summed E-state index contributed by atoms with van der Waals surface area (Å²) < 4.78 is 0. The minimum absolute atomic E-state index is 0.175. The lowest BCUT2D eigenvalue weighted by Crippen LogP contribution is -2.39. The zero-order valence-electron chi connectivity index (χ0n) is 12.8. The van der Waals surface area contributed by atoms with Crippen LogP contribution in [0, 0.1) is 10.1 Å². The number of nitro groups is 1. The quantitative estimate of drug-likeness (QED) is 0.679. The first-order valence-electron chi connectivity index (χ1n) is 7.31. The van der Waals surface area contributed by atoms with E-state index in [4.69, 9.17) is 0 Å². The minimum atomic E-state index is -0.679. The maximum absolute atomic E-state index is 12.2. The molecular weight excluding hydrogens is 330 g/mol. The van der Waals surface area contributed by atoms with Crippen LogP contribution in [0.25, 0.3) is 5.70 Å². The van der Waals surface area contributed by atoms with Crippen LogP contribution in [-0.4, -0.2) is 15.8 Å². The number of hydrogen-bond acceptors (Lipinski definition) is 6. The Morgan fingerprint density at radius 2 is 2.21 bits per heavy atom. The number of hydrogen-bond donors (Lipinski definition) is 1. The summed E-state index contributed by atoms with van der Waals surface area (Å²) in [7, 11) is 0. The van der Waals surface area contributed by atoms with Crippen LogP contribution in [0.5, 0.6) is 5.75 Å². The number of nitrogens with zero attached hydrogens (tertiary/aromatic N) is 2. The van der Waals surface area contributed by atoms with Gasteiger partial charge in [0.15, 0.2) is 0 Å². The zero-order valence-corrected chi connectivity index (χ0v) is 13.6. The first kappa shape index (κ1) is 16.0. The smallest absolute Gasteiger partial charge is 0.269 e. The summed E-state index contributed by atoms with van der Waals surface area (Å²) in [4.78, 5) is 23.6. The van der Waals surface area contributed by atoms with E-state index in [0.29, 0.717) is 5.70 Å². The third-order valence-electron chi connectivity index (χ3n) is 3.72. The Hall–Kier alpha value is -2.87. The summed E-state index contributed by atoms with van der Waals surface area (Å²) in [5, 5.41) is 26.5. The lowest BCUT2D eigenvalue weighted by atomic mass is 10.0. The van der Waals surface area contributed by atoms with Crippen LogP contribution in [0.3, 0.4) is 0 Å². The van der Waals surface area contributed by atoms with Crippen LogP contribution in [-0.2, 0) is 4.79 Å². The van der Waals surface area contributed by atoms with E-state index in [2.05, 4.69) is 5.43 Å². The molecule has 0 unspecified atom stereocenters. The van der Waals surface area contributed by atoms with Gasteiger partial charge in [-0.1, -0.05) is 19.1 Å². The standard InChI is InChI=1S/C16H15N3O4S/c1-2-16(21)18-13(9-12(17-18)15-4-3-7-24-15)11-8-10(19(22)23)5-6-14(11)20/h3-9,13,17,20H,2H2,1H3/p-1/t13-/m0/s1. The summed E-state index contributed by atoms with van der Waals surface area (Å²) in [5.41, 5.74) is 3.75. The predicted octanol–water partition coefficient (Wildman–Crippen LogP) is 2.57. The lowest BCUT2D eigenvalue weighted by Gasteiger charge is -2.27. The van der Waals surface area contributed by atoms with E-state index in [1.807, 2.05) is 17.5 Å². The number of rotatable bonds is 4. The maximum atomic E-state index is 12.2. The van der Waals surface area contributed by atoms with E-state index in [0.717, 1.165) is 4.88 Å². The Labute approximate surface area is 142 Å². The molecule has 1 aliphatic rings. The van der Waals surface area contributed by atoms with Crippen molar-refractivity contribution in [1.82, 2.24) is 10.4 Å². The second-order valence-corrected chi connectivity index (χ2v) is 6.16. The number of carbonyl (C=O) groups is 1. The average Bonchev–Trinajstić information content (AvgIpc) is 3.23. The molecule has 0 aliphatic carbocycles. The Kier molecular flexibility index (Phi) is 4.22. The highest BCUT2D eigenvalue weighted by atomic mass is 32.1. The van der Waals surface area contributed by atoms with Gasteiger partial charge in [-0.3, -0.25) is 20.3 Å². The predicted molar refractivity (Wildman–Crippen MR) is 87.9 cm³/mol. The molecule has 1 N–H and O–H groups in total. The van der Waals surface area contributed by atoms with Crippen molar-refractivity contribution in [1.29, 1.82) is 0 Å². The molecule has 1 aromatic heterocycles. The first-order chi connectivity index (χ1) is 11.5. The Bertz CT molecular complexity index is 817. The van der Waals surface area contributed by atoms with Gasteiger partial charge in [0.05, 0.1) is 21.5 Å². The molecule has 2 aromatic rings. The number of carbonyl (C=O) groups excluding carboxylic acids is 1. The van der Waals surface area contributed by atoms with E-state index in [9.17, 15) is 20.0 Å². The molecule has 1 amide bonds. The Morgan fingerprint density at radius 1 is 1.42 bits per heavy atom. The largest absolute Gasteiger partial charge is 0.872 e. The minimum Gasteiger partial charge on any atom is -0.872 e. The van der Waals surface area contributed by atoms with Crippen molar-refractivity contribution in [2.24, 2.45) is 0 Å². The molecule has 1 atom stereocenters. The molecule has 0 bridgehead atoms. The van der Waals surface area contributed by atoms with Gasteiger partial charge in [0.1, 0.15) is 0 Å². The van der Waals surface area contributed by atoms with Gasteiger partial charge < -0.3 is 5.11 Å². The van der Waals surface area contributed by atoms with Crippen LogP contribution in [0.2, 0.25) is 0 Å². The van der Waals surface area contributed by atoms with Crippen LogP contribution in [0.1, 0.15) is 29.8 Å². The van der Waals surface area contributed by atoms with Gasteiger partial charge in [-0.25, -0.2) is 5.01 Å². The number of non-ortho nitro benzene ring substituents is 1. The van der Waals surface area contributed by atoms with E-state index in [-0.39, 0.29) is 29.3 Å². The maximum Gasteiger partial charge on any atom is 0.269 e. The van der Waals surface area contributed by atoms with Crippen LogP contribution in [0.15, 0.2) is 41.8 Å². The monoisotopic (exact) mass is 344 g/mol. The molecule has 8 heteroatoms. The second-order valence-electron chi connectivity index (χ2n) is 5.21. The van der Waals surface area contributed by atoms with Crippen molar-refractivity contribution >= 4 is 28.6 Å². The number of amides is 1. The number of nitrogens with one attached hydrogen (secondary N) is 1. The molecule has 1 aromatic carbocycles. The van der Waals surface area contributed by atoms with Crippen molar-refractivity contribution in [3.63, 3.8) is 0 Å². The average molecular weight is 344 g/mol. The summed E-state index contributed by atoms with van der Waals surface area (Å²) in [6, 6.07) is 6.67. The van der Waals surface area contributed by atoms with Crippen molar-refractivity contribution in [2.75, 3.05) is 0 Å². The molecule has 2 heterocycles. The van der Waals surface area contributed by atoms with Crippen LogP contribution in [0.4, 0.5) is 5.69 Å². The van der Waals surface area contributed by atoms with Crippen LogP contribution < -0.4 is 10.5 Å². The molecular formula is C16H14N3O4S-. The third kappa shape index (κ3) is 2.83. The summed E-state index contributed by atoms with van der Waals surface area (Å²) in [6.45, 7) is 1.72. The van der Waals surface area contributed by atoms with Crippen molar-refractivity contribution in [3.8, 4) is 5.75 Å². The zero-order chi connectivity index (χ0) is 17.3. The van der Waals surface area contributed by atoms with Gasteiger partial charge in [0.25, 0.3) is 5.69 Å². The van der Waals surface area contributed by atoms with Gasteiger partial charge in [0.2, 0.25) is 5.91 Å². The summed E-state index contributed by atoms with van der Waals surface area (Å²) in [5.74, 6) is -0.543. The Morgan fingerprint density at radius 3 is 2.83 bits per heavy atom. The number of thiophene rings is 1. The topological polar surface area (TPSA) is 98.5 Å². The van der Waals surface area contributed by atoms with Gasteiger partial charge in [0, 0.05) is 18.6 Å². The molecule has 0 saturated carbocycles. The van der Waals surface area contributed by atoms with E-state index < -0.39 is 11.0 Å². The molecule has 1 aliphatic heterocycles. The summed E-state index contributed by atoms with van der Waals surface area (Å²) >= 11 is 1.50. The number of hydrazine groups is 1. The third-order valence-corrected chi connectivity index (χ3v) is 4.63. The molecule has 3 rings (SSSR count). The van der Waals surface area contributed by atoms with Crippen molar-refractivity contribution < 1.29 is 14.8 Å². The molecule has 0 spiro atoms. The number of nitro benzene ring substituents is 1. The lowest BCUT2D eigenvalue weighted by molar-refractivity contribution is -0.385. The highest BCUT2D eigenvalue weighted by Gasteiger charge is 2.31. The highest BCUT2D eigenvalue weighted by molar-refractivity contribution is 7.11. The van der Waals surface area contributed by atoms with E-state index in [1.165, 1.54) is 34.5 Å². The fourth-order valence-electron chi connectivity index (χ4n) is 2.54. The molecule has 7 nitrogen and oxygen atoms in total. The molecule has 0 radical (unpaired) electrons. The van der Waals surface area contributed by atoms with Gasteiger partial charge in [-0.2, -0.15) is 0 Å². The first-order valence-corrected chi connectivity index (χ1v) is 8.19. The summed E-state index contributed by atoms with van der Waals surface area (Å²) in [6.07, 6.45) is 2.00. The molecule has 24 heavy (non-hydrogen) atoms.